The molecule has 0 saturated heterocycles. The quantitative estimate of drug-likeness (QED) is 0.800. The topological polar surface area (TPSA) is 24.9 Å². The average molecular weight is 196 g/mol. The van der Waals surface area contributed by atoms with Crippen LogP contribution in [0.5, 0.6) is 0 Å². The van der Waals surface area contributed by atoms with Gasteiger partial charge >= 0.3 is 0 Å². The standard InChI is InChI=1S/C10H16N2S/c1-3-4-8-5-9(8)12-10-11-7(2)6-13-10/h6,8-9H,3-5H2,1-2H3,(H,11,12). The van der Waals surface area contributed by atoms with E-state index in [9.17, 15) is 0 Å². The molecule has 0 aliphatic heterocycles. The second-order valence-electron chi connectivity index (χ2n) is 3.83. The zero-order valence-electron chi connectivity index (χ0n) is 8.21. The summed E-state index contributed by atoms with van der Waals surface area (Å²) in [5.41, 5.74) is 1.13. The van der Waals surface area contributed by atoms with Gasteiger partial charge in [0.15, 0.2) is 5.13 Å². The predicted molar refractivity (Wildman–Crippen MR) is 57.3 cm³/mol. The molecule has 1 N–H and O–H groups in total. The number of hydrogen-bond acceptors (Lipinski definition) is 3. The Morgan fingerprint density at radius 3 is 3.15 bits per heavy atom. The number of thiazole rings is 1. The van der Waals surface area contributed by atoms with Crippen LogP contribution in [0.1, 0.15) is 31.9 Å². The van der Waals surface area contributed by atoms with Gasteiger partial charge in [-0.05, 0) is 25.7 Å². The third kappa shape index (κ3) is 2.21. The van der Waals surface area contributed by atoms with Crippen LogP contribution in [0.3, 0.4) is 0 Å². The van der Waals surface area contributed by atoms with Crippen molar-refractivity contribution in [2.24, 2.45) is 5.92 Å². The molecule has 0 spiro atoms. The van der Waals surface area contributed by atoms with Gasteiger partial charge in [0.1, 0.15) is 0 Å². The maximum absolute atomic E-state index is 4.39. The third-order valence-electron chi connectivity index (χ3n) is 2.51. The van der Waals surface area contributed by atoms with Gasteiger partial charge in [-0.15, -0.1) is 11.3 Å². The van der Waals surface area contributed by atoms with Crippen molar-refractivity contribution in [3.8, 4) is 0 Å². The normalized spacial score (nSPS) is 26.0. The first-order valence-corrected chi connectivity index (χ1v) is 5.86. The molecule has 1 aliphatic rings. The highest BCUT2D eigenvalue weighted by Crippen LogP contribution is 2.37. The predicted octanol–water partition coefficient (Wildman–Crippen LogP) is 3.05. The second-order valence-corrected chi connectivity index (χ2v) is 4.69. The smallest absolute Gasteiger partial charge is 0.183 e. The van der Waals surface area contributed by atoms with Gasteiger partial charge < -0.3 is 5.32 Å². The number of anilines is 1. The highest BCUT2D eigenvalue weighted by Gasteiger charge is 2.36. The second kappa shape index (κ2) is 3.66. The minimum Gasteiger partial charge on any atom is -0.358 e. The highest BCUT2D eigenvalue weighted by molar-refractivity contribution is 7.13. The SMILES string of the molecule is CCCC1CC1Nc1nc(C)cs1. The summed E-state index contributed by atoms with van der Waals surface area (Å²) >= 11 is 1.72. The van der Waals surface area contributed by atoms with Crippen LogP contribution in [0.4, 0.5) is 5.13 Å². The number of rotatable bonds is 4. The average Bonchev–Trinajstić information content (AvgIpc) is 2.66. The monoisotopic (exact) mass is 196 g/mol. The van der Waals surface area contributed by atoms with E-state index in [1.807, 2.05) is 6.92 Å². The molecule has 1 saturated carbocycles. The van der Waals surface area contributed by atoms with Gasteiger partial charge in [0, 0.05) is 11.4 Å². The summed E-state index contributed by atoms with van der Waals surface area (Å²) in [5, 5.41) is 6.67. The molecule has 2 rings (SSSR count). The maximum Gasteiger partial charge on any atom is 0.183 e. The van der Waals surface area contributed by atoms with Crippen molar-refractivity contribution in [1.29, 1.82) is 0 Å². The first-order chi connectivity index (χ1) is 6.29. The molecule has 0 radical (unpaired) electrons. The van der Waals surface area contributed by atoms with Crippen molar-refractivity contribution >= 4 is 16.5 Å². The molecule has 3 heteroatoms. The lowest BCUT2D eigenvalue weighted by Crippen LogP contribution is -2.03. The van der Waals surface area contributed by atoms with Gasteiger partial charge in [0.05, 0.1) is 5.69 Å². The van der Waals surface area contributed by atoms with Crippen LogP contribution in [0.2, 0.25) is 0 Å². The lowest BCUT2D eigenvalue weighted by molar-refractivity contribution is 0.692. The van der Waals surface area contributed by atoms with E-state index in [1.165, 1.54) is 19.3 Å². The number of nitrogens with zero attached hydrogens (tertiary/aromatic N) is 1. The number of aryl methyl sites for hydroxylation is 1. The first kappa shape index (κ1) is 9.00. The van der Waals surface area contributed by atoms with Gasteiger partial charge in [-0.1, -0.05) is 13.3 Å². The first-order valence-electron chi connectivity index (χ1n) is 4.98. The highest BCUT2D eigenvalue weighted by atomic mass is 32.1. The summed E-state index contributed by atoms with van der Waals surface area (Å²) in [6.07, 6.45) is 4.01. The molecule has 1 aromatic rings. The van der Waals surface area contributed by atoms with E-state index in [4.69, 9.17) is 0 Å². The molecular weight excluding hydrogens is 180 g/mol. The van der Waals surface area contributed by atoms with Gasteiger partial charge in [-0.2, -0.15) is 0 Å². The van der Waals surface area contributed by atoms with E-state index in [0.717, 1.165) is 16.7 Å². The summed E-state index contributed by atoms with van der Waals surface area (Å²) in [5.74, 6) is 0.911. The van der Waals surface area contributed by atoms with Crippen molar-refractivity contribution < 1.29 is 0 Å². The number of hydrogen-bond donors (Lipinski definition) is 1. The Balaban J connectivity index is 1.81. The molecule has 2 nitrogen and oxygen atoms in total. The molecule has 0 bridgehead atoms. The van der Waals surface area contributed by atoms with E-state index in [0.29, 0.717) is 6.04 Å². The summed E-state index contributed by atoms with van der Waals surface area (Å²) in [6.45, 7) is 4.29. The van der Waals surface area contributed by atoms with Crippen LogP contribution in [-0.2, 0) is 0 Å². The van der Waals surface area contributed by atoms with E-state index >= 15 is 0 Å². The van der Waals surface area contributed by atoms with E-state index in [2.05, 4.69) is 22.6 Å². The van der Waals surface area contributed by atoms with Crippen molar-refractivity contribution in [2.45, 2.75) is 39.2 Å². The zero-order chi connectivity index (χ0) is 9.26. The fraction of sp³-hybridized carbons (Fsp3) is 0.700. The number of nitrogens with one attached hydrogen (secondary N) is 1. The van der Waals surface area contributed by atoms with Crippen LogP contribution in [-0.4, -0.2) is 11.0 Å². The molecule has 2 atom stereocenters. The molecule has 1 heterocycles. The Hall–Kier alpha value is -0.570. The van der Waals surface area contributed by atoms with Crippen LogP contribution in [0.25, 0.3) is 0 Å². The van der Waals surface area contributed by atoms with Crippen LogP contribution in [0.15, 0.2) is 5.38 Å². The molecule has 1 aromatic heterocycles. The molecule has 1 aliphatic carbocycles. The Kier molecular flexibility index (Phi) is 2.54. The van der Waals surface area contributed by atoms with Crippen molar-refractivity contribution in [1.82, 2.24) is 4.98 Å². The van der Waals surface area contributed by atoms with Gasteiger partial charge in [0.2, 0.25) is 0 Å². The van der Waals surface area contributed by atoms with Crippen LogP contribution in [0, 0.1) is 12.8 Å². The van der Waals surface area contributed by atoms with Gasteiger partial charge in [-0.25, -0.2) is 4.98 Å². The van der Waals surface area contributed by atoms with E-state index in [-0.39, 0.29) is 0 Å². The van der Waals surface area contributed by atoms with Crippen LogP contribution < -0.4 is 5.32 Å². The minimum absolute atomic E-state index is 0.713. The maximum atomic E-state index is 4.39. The Morgan fingerprint density at radius 2 is 2.54 bits per heavy atom. The molecule has 0 aromatic carbocycles. The molecular formula is C10H16N2S. The molecule has 13 heavy (non-hydrogen) atoms. The fourth-order valence-corrected chi connectivity index (χ4v) is 2.44. The fourth-order valence-electron chi connectivity index (χ4n) is 1.69. The lowest BCUT2D eigenvalue weighted by atomic mass is 10.2. The summed E-state index contributed by atoms with van der Waals surface area (Å²) in [4.78, 5) is 4.39. The van der Waals surface area contributed by atoms with E-state index in [1.54, 1.807) is 11.3 Å². The molecule has 2 unspecified atom stereocenters. The molecule has 0 amide bonds. The van der Waals surface area contributed by atoms with Gasteiger partial charge in [0.25, 0.3) is 0 Å². The summed E-state index contributed by atoms with van der Waals surface area (Å²) < 4.78 is 0. The minimum atomic E-state index is 0.713. The Bertz CT molecular complexity index is 282. The molecule has 72 valence electrons. The summed E-state index contributed by atoms with van der Waals surface area (Å²) in [7, 11) is 0. The van der Waals surface area contributed by atoms with Crippen molar-refractivity contribution in [3.63, 3.8) is 0 Å². The summed E-state index contributed by atoms with van der Waals surface area (Å²) in [6, 6.07) is 0.713. The van der Waals surface area contributed by atoms with E-state index < -0.39 is 0 Å². The number of aromatic nitrogens is 1. The Morgan fingerprint density at radius 1 is 1.69 bits per heavy atom. The van der Waals surface area contributed by atoms with Crippen molar-refractivity contribution in [3.05, 3.63) is 11.1 Å². The van der Waals surface area contributed by atoms with Crippen LogP contribution >= 0.6 is 11.3 Å². The molecule has 1 fully saturated rings. The Labute approximate surface area is 83.4 Å². The largest absolute Gasteiger partial charge is 0.358 e. The lowest BCUT2D eigenvalue weighted by Gasteiger charge is -1.99. The third-order valence-corrected chi connectivity index (χ3v) is 3.40. The van der Waals surface area contributed by atoms with Crippen molar-refractivity contribution in [2.75, 3.05) is 5.32 Å². The zero-order valence-corrected chi connectivity index (χ0v) is 9.03. The van der Waals surface area contributed by atoms with Gasteiger partial charge in [-0.3, -0.25) is 0 Å².